The molecule has 2 aromatic rings. The third kappa shape index (κ3) is 4.03. The molecule has 0 fully saturated rings. The monoisotopic (exact) mass is 419 g/mol. The Morgan fingerprint density at radius 3 is 2.50 bits per heavy atom. The Labute approximate surface area is 172 Å². The fourth-order valence-electron chi connectivity index (χ4n) is 4.04. The maximum atomic E-state index is 13.4. The van der Waals surface area contributed by atoms with Crippen molar-refractivity contribution in [3.05, 3.63) is 42.5 Å². The highest BCUT2D eigenvalue weighted by molar-refractivity contribution is 7.98. The second-order valence-electron chi connectivity index (χ2n) is 7.63. The zero-order chi connectivity index (χ0) is 20.4. The number of fused-ring (bicyclic) bond motifs is 1. The van der Waals surface area contributed by atoms with Gasteiger partial charge in [0, 0.05) is 23.7 Å². The molecule has 0 aliphatic carbocycles. The van der Waals surface area contributed by atoms with Gasteiger partial charge in [-0.1, -0.05) is 44.9 Å². The quantitative estimate of drug-likeness (QED) is 0.615. The van der Waals surface area contributed by atoms with Crippen LogP contribution in [0.4, 0.5) is 11.4 Å². The standard InChI is InChI=1S/C22H29NO3S2/c1-4-6-12-22(5-2)15-23(17-10-8-7-9-11-17)18-13-20(27-3)19(24)14-21(18)28(25,26)16-22/h7-11,13-14,24H,4-6,12,15-16H2,1-3H3/t22-/m0/s1. The van der Waals surface area contributed by atoms with Gasteiger partial charge in [-0.3, -0.25) is 0 Å². The molecule has 1 atom stereocenters. The van der Waals surface area contributed by atoms with Crippen molar-refractivity contribution in [2.45, 2.75) is 49.3 Å². The number of hydrogen-bond acceptors (Lipinski definition) is 5. The number of anilines is 2. The number of unbranched alkanes of at least 4 members (excludes halogenated alkanes) is 1. The molecule has 6 heteroatoms. The van der Waals surface area contributed by atoms with Crippen molar-refractivity contribution in [3.63, 3.8) is 0 Å². The summed E-state index contributed by atoms with van der Waals surface area (Å²) in [6, 6.07) is 13.2. The van der Waals surface area contributed by atoms with Crippen LogP contribution in [0.2, 0.25) is 0 Å². The Bertz CT molecular complexity index is 928. The van der Waals surface area contributed by atoms with Crippen molar-refractivity contribution >= 4 is 33.0 Å². The molecule has 4 nitrogen and oxygen atoms in total. The van der Waals surface area contributed by atoms with E-state index in [1.807, 2.05) is 42.7 Å². The normalized spacial score (nSPS) is 21.2. The highest BCUT2D eigenvalue weighted by Crippen LogP contribution is 2.46. The van der Waals surface area contributed by atoms with Crippen LogP contribution in [-0.4, -0.2) is 32.1 Å². The zero-order valence-electron chi connectivity index (χ0n) is 16.8. The summed E-state index contributed by atoms with van der Waals surface area (Å²) >= 11 is 1.42. The van der Waals surface area contributed by atoms with E-state index in [2.05, 4.69) is 18.7 Å². The Morgan fingerprint density at radius 1 is 1.18 bits per heavy atom. The summed E-state index contributed by atoms with van der Waals surface area (Å²) in [5, 5.41) is 10.4. The lowest BCUT2D eigenvalue weighted by Crippen LogP contribution is -2.37. The van der Waals surface area contributed by atoms with Gasteiger partial charge in [0.2, 0.25) is 0 Å². The van der Waals surface area contributed by atoms with Crippen LogP contribution < -0.4 is 4.90 Å². The van der Waals surface area contributed by atoms with Gasteiger partial charge in [-0.2, -0.15) is 0 Å². The predicted molar refractivity (Wildman–Crippen MR) is 118 cm³/mol. The van der Waals surface area contributed by atoms with Gasteiger partial charge >= 0.3 is 0 Å². The molecule has 0 aromatic heterocycles. The average molecular weight is 420 g/mol. The lowest BCUT2D eigenvalue weighted by Gasteiger charge is -2.36. The van der Waals surface area contributed by atoms with Gasteiger partial charge in [0.1, 0.15) is 5.75 Å². The van der Waals surface area contributed by atoms with Gasteiger partial charge < -0.3 is 10.0 Å². The fourth-order valence-corrected chi connectivity index (χ4v) is 6.72. The number of thioether (sulfide) groups is 1. The van der Waals surface area contributed by atoms with Crippen LogP contribution in [-0.2, 0) is 9.84 Å². The van der Waals surface area contributed by atoms with Crippen LogP contribution in [0.5, 0.6) is 5.75 Å². The van der Waals surface area contributed by atoms with E-state index in [0.717, 1.165) is 31.4 Å². The number of nitrogens with zero attached hydrogens (tertiary/aromatic N) is 1. The second-order valence-corrected chi connectivity index (χ2v) is 10.4. The summed E-state index contributed by atoms with van der Waals surface area (Å²) in [5.74, 6) is 0.144. The van der Waals surface area contributed by atoms with Crippen molar-refractivity contribution in [2.24, 2.45) is 5.41 Å². The first-order valence-electron chi connectivity index (χ1n) is 9.82. The number of para-hydroxylation sites is 1. The van der Waals surface area contributed by atoms with Crippen LogP contribution >= 0.6 is 11.8 Å². The van der Waals surface area contributed by atoms with E-state index in [4.69, 9.17) is 0 Å². The molecular formula is C22H29NO3S2. The van der Waals surface area contributed by atoms with Crippen molar-refractivity contribution in [1.29, 1.82) is 0 Å². The number of sulfone groups is 1. The first-order valence-corrected chi connectivity index (χ1v) is 12.7. The van der Waals surface area contributed by atoms with E-state index in [0.29, 0.717) is 17.1 Å². The SMILES string of the molecule is CCCC[C@@]1(CC)CN(c2ccccc2)c2cc(SC)c(O)cc2S(=O)(=O)C1. The minimum Gasteiger partial charge on any atom is -0.507 e. The Morgan fingerprint density at radius 2 is 1.89 bits per heavy atom. The van der Waals surface area contributed by atoms with Crippen LogP contribution in [0.15, 0.2) is 52.3 Å². The Hall–Kier alpha value is -1.66. The number of aromatic hydroxyl groups is 1. The van der Waals surface area contributed by atoms with E-state index in [-0.39, 0.29) is 21.8 Å². The summed E-state index contributed by atoms with van der Waals surface area (Å²) < 4.78 is 26.8. The molecule has 0 saturated carbocycles. The highest BCUT2D eigenvalue weighted by Gasteiger charge is 2.41. The summed E-state index contributed by atoms with van der Waals surface area (Å²) in [5.41, 5.74) is 1.33. The van der Waals surface area contributed by atoms with E-state index in [9.17, 15) is 13.5 Å². The van der Waals surface area contributed by atoms with E-state index in [1.165, 1.54) is 17.8 Å². The van der Waals surface area contributed by atoms with Gasteiger partial charge in [-0.15, -0.1) is 11.8 Å². The third-order valence-electron chi connectivity index (χ3n) is 5.75. The molecule has 0 unspecified atom stereocenters. The van der Waals surface area contributed by atoms with E-state index in [1.54, 1.807) is 0 Å². The molecule has 0 spiro atoms. The van der Waals surface area contributed by atoms with Crippen molar-refractivity contribution in [3.8, 4) is 5.75 Å². The zero-order valence-corrected chi connectivity index (χ0v) is 18.4. The first-order chi connectivity index (χ1) is 13.4. The number of rotatable bonds is 6. The maximum absolute atomic E-state index is 13.4. The summed E-state index contributed by atoms with van der Waals surface area (Å²) in [6.07, 6.45) is 5.60. The summed E-state index contributed by atoms with van der Waals surface area (Å²) in [4.78, 5) is 3.06. The predicted octanol–water partition coefficient (Wildman–Crippen LogP) is 5.63. The topological polar surface area (TPSA) is 57.6 Å². The van der Waals surface area contributed by atoms with Crippen molar-refractivity contribution in [2.75, 3.05) is 23.5 Å². The smallest absolute Gasteiger partial charge is 0.181 e. The molecule has 1 aliphatic heterocycles. The van der Waals surface area contributed by atoms with Gasteiger partial charge in [0.25, 0.3) is 0 Å². The Kier molecular flexibility index (Phi) is 6.30. The molecule has 3 rings (SSSR count). The van der Waals surface area contributed by atoms with Gasteiger partial charge in [-0.05, 0) is 37.3 Å². The number of phenols is 1. The molecule has 1 heterocycles. The summed E-state index contributed by atoms with van der Waals surface area (Å²) in [6.45, 7) is 4.88. The van der Waals surface area contributed by atoms with Crippen molar-refractivity contribution in [1.82, 2.24) is 0 Å². The number of benzene rings is 2. The molecule has 0 bridgehead atoms. The average Bonchev–Trinajstić information content (AvgIpc) is 2.79. The molecule has 2 aromatic carbocycles. The largest absolute Gasteiger partial charge is 0.507 e. The molecule has 28 heavy (non-hydrogen) atoms. The van der Waals surface area contributed by atoms with E-state index < -0.39 is 9.84 Å². The van der Waals surface area contributed by atoms with Crippen LogP contribution in [0.1, 0.15) is 39.5 Å². The highest BCUT2D eigenvalue weighted by atomic mass is 32.2. The number of phenolic OH excluding ortho intramolecular Hbond substituents is 1. The van der Waals surface area contributed by atoms with Gasteiger partial charge in [0.15, 0.2) is 9.84 Å². The molecule has 1 N–H and O–H groups in total. The first kappa shape index (κ1) is 21.1. The van der Waals surface area contributed by atoms with E-state index >= 15 is 0 Å². The van der Waals surface area contributed by atoms with Crippen molar-refractivity contribution < 1.29 is 13.5 Å². The maximum Gasteiger partial charge on any atom is 0.181 e. The third-order valence-corrected chi connectivity index (χ3v) is 8.51. The second kappa shape index (κ2) is 8.37. The molecular weight excluding hydrogens is 390 g/mol. The molecule has 0 saturated heterocycles. The lowest BCUT2D eigenvalue weighted by molar-refractivity contribution is 0.290. The van der Waals surface area contributed by atoms with Gasteiger partial charge in [0.05, 0.1) is 21.2 Å². The lowest BCUT2D eigenvalue weighted by atomic mass is 9.81. The minimum absolute atomic E-state index is 0.0281. The van der Waals surface area contributed by atoms with Crippen LogP contribution in [0.3, 0.4) is 0 Å². The van der Waals surface area contributed by atoms with Gasteiger partial charge in [-0.25, -0.2) is 8.42 Å². The molecule has 0 amide bonds. The molecule has 1 aliphatic rings. The molecule has 0 radical (unpaired) electrons. The van der Waals surface area contributed by atoms with Crippen LogP contribution in [0, 0.1) is 5.41 Å². The number of hydrogen-bond donors (Lipinski definition) is 1. The fraction of sp³-hybridized carbons (Fsp3) is 0.455. The minimum atomic E-state index is -3.53. The van der Waals surface area contributed by atoms with Crippen LogP contribution in [0.25, 0.3) is 0 Å². The molecule has 152 valence electrons. The Balaban J connectivity index is 2.25. The summed E-state index contributed by atoms with van der Waals surface area (Å²) in [7, 11) is -3.53.